The van der Waals surface area contributed by atoms with Gasteiger partial charge in [0.05, 0.1) is 6.61 Å². The van der Waals surface area contributed by atoms with Crippen LogP contribution in [-0.4, -0.2) is 92.2 Å². The van der Waals surface area contributed by atoms with Gasteiger partial charge in [-0.25, -0.2) is 9.78 Å². The van der Waals surface area contributed by atoms with Gasteiger partial charge in [-0.15, -0.1) is 0 Å². The van der Waals surface area contributed by atoms with Gasteiger partial charge < -0.3 is 28.7 Å². The molecule has 0 aromatic carbocycles. The quantitative estimate of drug-likeness (QED) is 0.161. The molecule has 0 bridgehead atoms. The molecule has 0 N–H and O–H groups in total. The zero-order chi connectivity index (χ0) is 31.3. The van der Waals surface area contributed by atoms with Crippen LogP contribution in [-0.2, 0) is 20.4 Å². The first-order valence-corrected chi connectivity index (χ1v) is 16.4. The average molecular weight is 681 g/mol. The highest BCUT2D eigenvalue weighted by atomic mass is 79.9. The smallest absolute Gasteiger partial charge is 0.421 e. The summed E-state index contributed by atoms with van der Waals surface area (Å²) in [5.41, 5.74) is -1.30. The second kappa shape index (κ2) is 17.8. The van der Waals surface area contributed by atoms with Gasteiger partial charge in [-0.1, -0.05) is 0 Å². The highest BCUT2D eigenvalue weighted by Gasteiger charge is 2.36. The predicted octanol–water partition coefficient (Wildman–Crippen LogP) is 7.19. The lowest BCUT2D eigenvalue weighted by Crippen LogP contribution is -2.51. The Bertz CT molecular complexity index is 965. The Morgan fingerprint density at radius 3 is 2.21 bits per heavy atom. The Kier molecular flexibility index (Phi) is 14.8. The number of halogens is 4. The third-order valence-corrected chi connectivity index (χ3v) is 8.15. The van der Waals surface area contributed by atoms with E-state index >= 15 is 0 Å². The van der Waals surface area contributed by atoms with Gasteiger partial charge >= 0.3 is 12.3 Å². The SMILES string of the molecule is CC(C)(C)OC(=O)N1CC(CCOCCCCCOCCCN2CCC(CCOc3ncc(Br)cc3C(F)(F)F)CC2)C1. The normalized spacial score (nSPS) is 17.2. The molecule has 0 aliphatic carbocycles. The van der Waals surface area contributed by atoms with Crippen molar-refractivity contribution >= 4 is 22.0 Å². The maximum Gasteiger partial charge on any atom is 0.421 e. The number of aromatic nitrogens is 1. The summed E-state index contributed by atoms with van der Waals surface area (Å²) in [4.78, 5) is 20.0. The third kappa shape index (κ3) is 13.9. The standard InChI is InChI=1S/C31H49BrF3N3O5/c1-30(2,3)43-29(39)38-22-25(23-38)10-18-41-16-6-4-5-15-40-17-7-12-37-13-8-24(9-14-37)11-19-42-28-27(31(33,34)35)20-26(32)21-36-28/h20-21,24-25H,4-19,22-23H2,1-3H3. The van der Waals surface area contributed by atoms with Crippen LogP contribution < -0.4 is 4.74 Å². The largest absolute Gasteiger partial charge is 0.477 e. The Morgan fingerprint density at radius 2 is 1.56 bits per heavy atom. The molecule has 0 atom stereocenters. The van der Waals surface area contributed by atoms with Crippen molar-refractivity contribution in [3.63, 3.8) is 0 Å². The van der Waals surface area contributed by atoms with Crippen LogP contribution in [0.4, 0.5) is 18.0 Å². The zero-order valence-electron chi connectivity index (χ0n) is 25.9. The Labute approximate surface area is 263 Å². The monoisotopic (exact) mass is 679 g/mol. The van der Waals surface area contributed by atoms with E-state index in [1.54, 1.807) is 4.90 Å². The number of amides is 1. The summed E-state index contributed by atoms with van der Waals surface area (Å²) in [5.74, 6) is 0.608. The minimum absolute atomic E-state index is 0.224. The molecule has 2 fully saturated rings. The molecule has 43 heavy (non-hydrogen) atoms. The number of likely N-dealkylation sites (tertiary alicyclic amines) is 2. The van der Waals surface area contributed by atoms with Crippen LogP contribution >= 0.6 is 15.9 Å². The van der Waals surface area contributed by atoms with Gasteiger partial charge in [-0.05, 0) is 119 Å². The van der Waals surface area contributed by atoms with Crippen molar-refractivity contribution < 1.29 is 36.9 Å². The van der Waals surface area contributed by atoms with Crippen molar-refractivity contribution in [3.05, 3.63) is 22.3 Å². The number of hydrogen-bond acceptors (Lipinski definition) is 7. The lowest BCUT2D eigenvalue weighted by Gasteiger charge is -2.39. The first-order valence-electron chi connectivity index (χ1n) is 15.6. The van der Waals surface area contributed by atoms with Gasteiger partial charge in [-0.2, -0.15) is 13.2 Å². The number of nitrogens with zero attached hydrogens (tertiary/aromatic N) is 3. The van der Waals surface area contributed by atoms with Crippen molar-refractivity contribution in [1.29, 1.82) is 0 Å². The first kappa shape index (κ1) is 35.8. The molecule has 3 heterocycles. The summed E-state index contributed by atoms with van der Waals surface area (Å²) in [7, 11) is 0. The summed E-state index contributed by atoms with van der Waals surface area (Å²) in [6.07, 6.45) is 4.51. The van der Waals surface area contributed by atoms with Crippen LogP contribution in [0.5, 0.6) is 5.88 Å². The van der Waals surface area contributed by atoms with Crippen molar-refractivity contribution in [2.75, 3.05) is 65.8 Å². The van der Waals surface area contributed by atoms with E-state index in [1.807, 2.05) is 20.8 Å². The fourth-order valence-corrected chi connectivity index (χ4v) is 5.55. The summed E-state index contributed by atoms with van der Waals surface area (Å²) in [6.45, 7) is 13.4. The Balaban J connectivity index is 1.09. The lowest BCUT2D eigenvalue weighted by molar-refractivity contribution is -0.139. The molecule has 2 saturated heterocycles. The van der Waals surface area contributed by atoms with Crippen LogP contribution in [0.25, 0.3) is 0 Å². The molecule has 0 spiro atoms. The van der Waals surface area contributed by atoms with E-state index in [9.17, 15) is 18.0 Å². The lowest BCUT2D eigenvalue weighted by atomic mass is 9.94. The van der Waals surface area contributed by atoms with Crippen LogP contribution in [0.1, 0.15) is 77.7 Å². The topological polar surface area (TPSA) is 73.4 Å². The van der Waals surface area contributed by atoms with Crippen LogP contribution in [0.3, 0.4) is 0 Å². The number of piperidine rings is 1. The number of unbranched alkanes of at least 4 members (excludes halogenated alkanes) is 2. The van der Waals surface area contributed by atoms with E-state index in [0.717, 1.165) is 117 Å². The number of pyridine rings is 1. The van der Waals surface area contributed by atoms with Gasteiger partial charge in [0.1, 0.15) is 11.2 Å². The molecule has 1 aromatic heterocycles. The molecule has 1 amide bonds. The number of hydrogen-bond donors (Lipinski definition) is 0. The summed E-state index contributed by atoms with van der Waals surface area (Å²) < 4.78 is 62.3. The molecule has 1 aromatic rings. The predicted molar refractivity (Wildman–Crippen MR) is 162 cm³/mol. The van der Waals surface area contributed by atoms with Crippen molar-refractivity contribution in [2.24, 2.45) is 11.8 Å². The molecular formula is C31H49BrF3N3O5. The minimum Gasteiger partial charge on any atom is -0.477 e. The number of rotatable bonds is 17. The van der Waals surface area contributed by atoms with E-state index in [1.165, 1.54) is 6.20 Å². The second-order valence-electron chi connectivity index (χ2n) is 12.6. The number of alkyl halides is 3. The average Bonchev–Trinajstić information content (AvgIpc) is 2.90. The second-order valence-corrected chi connectivity index (χ2v) is 13.5. The first-order chi connectivity index (χ1) is 20.4. The molecule has 0 radical (unpaired) electrons. The van der Waals surface area contributed by atoms with Gasteiger partial charge in [0.25, 0.3) is 0 Å². The van der Waals surface area contributed by atoms with Crippen molar-refractivity contribution in [3.8, 4) is 5.88 Å². The zero-order valence-corrected chi connectivity index (χ0v) is 27.5. The summed E-state index contributed by atoms with van der Waals surface area (Å²) in [6, 6.07) is 1.00. The molecule has 2 aliphatic rings. The van der Waals surface area contributed by atoms with Gasteiger partial charge in [-0.3, -0.25) is 0 Å². The Morgan fingerprint density at radius 1 is 0.930 bits per heavy atom. The molecule has 3 rings (SSSR count). The van der Waals surface area contributed by atoms with E-state index in [0.29, 0.717) is 11.8 Å². The van der Waals surface area contributed by atoms with Crippen LogP contribution in [0.15, 0.2) is 16.7 Å². The highest BCUT2D eigenvalue weighted by Crippen LogP contribution is 2.36. The molecule has 12 heteroatoms. The maximum atomic E-state index is 13.2. The van der Waals surface area contributed by atoms with Crippen molar-refractivity contribution in [1.82, 2.24) is 14.8 Å². The van der Waals surface area contributed by atoms with E-state index in [4.69, 9.17) is 18.9 Å². The van der Waals surface area contributed by atoms with Crippen molar-refractivity contribution in [2.45, 2.75) is 83.9 Å². The van der Waals surface area contributed by atoms with Gasteiger partial charge in [0.2, 0.25) is 5.88 Å². The number of carbonyl (C=O) groups is 1. The van der Waals surface area contributed by atoms with Crippen LogP contribution in [0.2, 0.25) is 0 Å². The van der Waals surface area contributed by atoms with E-state index in [2.05, 4.69) is 25.8 Å². The summed E-state index contributed by atoms with van der Waals surface area (Å²) in [5, 5.41) is 0. The third-order valence-electron chi connectivity index (χ3n) is 7.71. The van der Waals surface area contributed by atoms with E-state index in [-0.39, 0.29) is 23.1 Å². The molecule has 0 unspecified atom stereocenters. The number of ether oxygens (including phenoxy) is 4. The molecule has 0 saturated carbocycles. The molecular weight excluding hydrogens is 631 g/mol. The Hall–Kier alpha value is -1.63. The molecule has 2 aliphatic heterocycles. The van der Waals surface area contributed by atoms with Gasteiger partial charge in [0.15, 0.2) is 0 Å². The van der Waals surface area contributed by atoms with E-state index < -0.39 is 17.3 Å². The van der Waals surface area contributed by atoms with Gasteiger partial charge in [0, 0.05) is 56.7 Å². The molecule has 246 valence electrons. The maximum absolute atomic E-state index is 13.2. The summed E-state index contributed by atoms with van der Waals surface area (Å²) >= 11 is 3.04. The fraction of sp³-hybridized carbons (Fsp3) is 0.806. The molecule has 8 nitrogen and oxygen atoms in total. The minimum atomic E-state index is -4.50. The highest BCUT2D eigenvalue weighted by molar-refractivity contribution is 9.10. The number of carbonyl (C=O) groups excluding carboxylic acids is 1. The van der Waals surface area contributed by atoms with Crippen LogP contribution in [0, 0.1) is 11.8 Å². The fourth-order valence-electron chi connectivity index (χ4n) is 5.22.